The predicted molar refractivity (Wildman–Crippen MR) is 77.5 cm³/mol. The lowest BCUT2D eigenvalue weighted by Gasteiger charge is -2.27. The van der Waals surface area contributed by atoms with Crippen LogP contribution in [0.4, 0.5) is 5.69 Å². The zero-order valence-corrected chi connectivity index (χ0v) is 12.7. The molecule has 1 heterocycles. The van der Waals surface area contributed by atoms with Gasteiger partial charge in [-0.1, -0.05) is 15.9 Å². The maximum Gasteiger partial charge on any atom is 0.211 e. The first-order valence-corrected chi connectivity index (χ1v) is 8.41. The summed E-state index contributed by atoms with van der Waals surface area (Å²) in [7, 11) is -3.05. The van der Waals surface area contributed by atoms with Crippen LogP contribution in [0, 0.1) is 6.92 Å². The number of hydrogen-bond donors (Lipinski definition) is 1. The lowest BCUT2D eigenvalue weighted by Crippen LogP contribution is -2.40. The fourth-order valence-corrected chi connectivity index (χ4v) is 3.35. The molecule has 1 saturated heterocycles. The molecule has 0 bridgehead atoms. The van der Waals surface area contributed by atoms with Gasteiger partial charge in [0, 0.05) is 29.8 Å². The SMILES string of the molecule is Cc1cc(N2CCCS(=O)(=O)NCC2)ccc1Br. The van der Waals surface area contributed by atoms with Gasteiger partial charge in [0.15, 0.2) is 0 Å². The molecule has 1 aromatic rings. The highest BCUT2D eigenvalue weighted by Crippen LogP contribution is 2.23. The molecular formula is C12H17BrN2O2S. The molecule has 1 aliphatic heterocycles. The van der Waals surface area contributed by atoms with Crippen LogP contribution in [0.15, 0.2) is 22.7 Å². The Labute approximate surface area is 117 Å². The van der Waals surface area contributed by atoms with Gasteiger partial charge in [-0.3, -0.25) is 0 Å². The van der Waals surface area contributed by atoms with Crippen LogP contribution in [-0.2, 0) is 10.0 Å². The van der Waals surface area contributed by atoms with Gasteiger partial charge in [0.2, 0.25) is 10.0 Å². The summed E-state index contributed by atoms with van der Waals surface area (Å²) in [5, 5.41) is 0. The second-order valence-electron chi connectivity index (χ2n) is 4.49. The molecule has 4 nitrogen and oxygen atoms in total. The van der Waals surface area contributed by atoms with Gasteiger partial charge in [-0.05, 0) is 37.1 Å². The van der Waals surface area contributed by atoms with E-state index in [0.29, 0.717) is 19.5 Å². The smallest absolute Gasteiger partial charge is 0.211 e. The summed E-state index contributed by atoms with van der Waals surface area (Å²) in [6, 6.07) is 6.22. The number of benzene rings is 1. The molecule has 0 radical (unpaired) electrons. The summed E-state index contributed by atoms with van der Waals surface area (Å²) in [4.78, 5) is 2.22. The Bertz CT molecular complexity index is 515. The highest BCUT2D eigenvalue weighted by atomic mass is 79.9. The Balaban J connectivity index is 2.11. The van der Waals surface area contributed by atoms with E-state index >= 15 is 0 Å². The van der Waals surface area contributed by atoms with Gasteiger partial charge in [0.25, 0.3) is 0 Å². The highest BCUT2D eigenvalue weighted by molar-refractivity contribution is 9.10. The Kier molecular flexibility index (Phi) is 4.29. The zero-order valence-electron chi connectivity index (χ0n) is 10.3. The van der Waals surface area contributed by atoms with Crippen molar-refractivity contribution in [1.29, 1.82) is 0 Å². The number of hydrogen-bond acceptors (Lipinski definition) is 3. The van der Waals surface area contributed by atoms with Crippen LogP contribution in [0.2, 0.25) is 0 Å². The van der Waals surface area contributed by atoms with E-state index in [1.807, 2.05) is 6.07 Å². The van der Waals surface area contributed by atoms with Crippen molar-refractivity contribution in [2.24, 2.45) is 0 Å². The Morgan fingerprint density at radius 2 is 2.11 bits per heavy atom. The summed E-state index contributed by atoms with van der Waals surface area (Å²) in [5.41, 5.74) is 2.34. The molecule has 1 aliphatic rings. The second-order valence-corrected chi connectivity index (χ2v) is 7.27. The molecule has 2 rings (SSSR count). The Morgan fingerprint density at radius 3 is 2.83 bits per heavy atom. The van der Waals surface area contributed by atoms with E-state index < -0.39 is 10.0 Å². The van der Waals surface area contributed by atoms with Gasteiger partial charge < -0.3 is 4.90 Å². The van der Waals surface area contributed by atoms with Crippen LogP contribution in [0.5, 0.6) is 0 Å². The fourth-order valence-electron chi connectivity index (χ4n) is 2.05. The molecule has 0 aromatic heterocycles. The van der Waals surface area contributed by atoms with Gasteiger partial charge in [-0.15, -0.1) is 0 Å². The minimum Gasteiger partial charge on any atom is -0.370 e. The van der Waals surface area contributed by atoms with E-state index in [2.05, 4.69) is 44.6 Å². The first-order valence-electron chi connectivity index (χ1n) is 5.96. The lowest BCUT2D eigenvalue weighted by molar-refractivity contribution is 0.570. The summed E-state index contributed by atoms with van der Waals surface area (Å²) in [6.45, 7) is 4.01. The van der Waals surface area contributed by atoms with Crippen LogP contribution in [0.25, 0.3) is 0 Å². The monoisotopic (exact) mass is 332 g/mol. The van der Waals surface area contributed by atoms with E-state index in [4.69, 9.17) is 0 Å². The van der Waals surface area contributed by atoms with Gasteiger partial charge in [0.05, 0.1) is 5.75 Å². The Hall–Kier alpha value is -0.590. The van der Waals surface area contributed by atoms with Crippen molar-refractivity contribution in [3.05, 3.63) is 28.2 Å². The summed E-state index contributed by atoms with van der Waals surface area (Å²) >= 11 is 3.49. The van der Waals surface area contributed by atoms with Crippen molar-refractivity contribution in [2.45, 2.75) is 13.3 Å². The van der Waals surface area contributed by atoms with E-state index in [0.717, 1.165) is 16.7 Å². The molecule has 0 saturated carbocycles. The quantitative estimate of drug-likeness (QED) is 0.854. The third-order valence-corrected chi connectivity index (χ3v) is 5.41. The molecular weight excluding hydrogens is 316 g/mol. The molecule has 0 unspecified atom stereocenters. The van der Waals surface area contributed by atoms with Crippen LogP contribution in [0.3, 0.4) is 0 Å². The zero-order chi connectivity index (χ0) is 13.2. The fraction of sp³-hybridized carbons (Fsp3) is 0.500. The van der Waals surface area contributed by atoms with Gasteiger partial charge in [-0.2, -0.15) is 0 Å². The number of sulfonamides is 1. The summed E-state index contributed by atoms with van der Waals surface area (Å²) < 4.78 is 26.6. The number of rotatable bonds is 1. The van der Waals surface area contributed by atoms with Crippen LogP contribution >= 0.6 is 15.9 Å². The van der Waals surface area contributed by atoms with Crippen LogP contribution in [0.1, 0.15) is 12.0 Å². The highest BCUT2D eigenvalue weighted by Gasteiger charge is 2.16. The largest absolute Gasteiger partial charge is 0.370 e. The normalized spacial score (nSPS) is 20.2. The number of aryl methyl sites for hydroxylation is 1. The van der Waals surface area contributed by atoms with Crippen molar-refractivity contribution in [1.82, 2.24) is 4.72 Å². The number of anilines is 1. The number of halogens is 1. The van der Waals surface area contributed by atoms with Gasteiger partial charge in [-0.25, -0.2) is 13.1 Å². The number of nitrogens with zero attached hydrogens (tertiary/aromatic N) is 1. The minimum atomic E-state index is -3.05. The minimum absolute atomic E-state index is 0.207. The van der Waals surface area contributed by atoms with Gasteiger partial charge in [0.1, 0.15) is 0 Å². The van der Waals surface area contributed by atoms with Crippen LogP contribution < -0.4 is 9.62 Å². The molecule has 0 amide bonds. The van der Waals surface area contributed by atoms with Gasteiger partial charge >= 0.3 is 0 Å². The van der Waals surface area contributed by atoms with Crippen molar-refractivity contribution in [3.63, 3.8) is 0 Å². The van der Waals surface area contributed by atoms with Crippen LogP contribution in [-0.4, -0.2) is 33.8 Å². The molecule has 0 aliphatic carbocycles. The molecule has 1 fully saturated rings. The molecule has 18 heavy (non-hydrogen) atoms. The standard InChI is InChI=1S/C12H17BrN2O2S/c1-10-9-11(3-4-12(10)13)15-6-2-8-18(16,17)14-5-7-15/h3-4,9,14H,2,5-8H2,1H3. The van der Waals surface area contributed by atoms with E-state index in [1.165, 1.54) is 5.56 Å². The topological polar surface area (TPSA) is 49.4 Å². The maximum absolute atomic E-state index is 11.4. The summed E-state index contributed by atoms with van der Waals surface area (Å²) in [5.74, 6) is 0.207. The van der Waals surface area contributed by atoms with Crippen molar-refractivity contribution in [2.75, 3.05) is 30.3 Å². The van der Waals surface area contributed by atoms with E-state index in [1.54, 1.807) is 0 Å². The average molecular weight is 333 g/mol. The predicted octanol–water partition coefficient (Wildman–Crippen LogP) is 1.89. The second kappa shape index (κ2) is 5.59. The van der Waals surface area contributed by atoms with Crippen molar-refractivity contribution < 1.29 is 8.42 Å². The van der Waals surface area contributed by atoms with E-state index in [9.17, 15) is 8.42 Å². The van der Waals surface area contributed by atoms with Crippen molar-refractivity contribution >= 4 is 31.6 Å². The molecule has 0 atom stereocenters. The third kappa shape index (κ3) is 3.46. The number of nitrogens with one attached hydrogen (secondary N) is 1. The molecule has 100 valence electrons. The summed E-state index contributed by atoms with van der Waals surface area (Å²) in [6.07, 6.45) is 0.657. The Morgan fingerprint density at radius 1 is 1.33 bits per heavy atom. The van der Waals surface area contributed by atoms with E-state index in [-0.39, 0.29) is 5.75 Å². The lowest BCUT2D eigenvalue weighted by atomic mass is 10.2. The van der Waals surface area contributed by atoms with Crippen molar-refractivity contribution in [3.8, 4) is 0 Å². The molecule has 1 N–H and O–H groups in total. The average Bonchev–Trinajstić information content (AvgIpc) is 2.28. The maximum atomic E-state index is 11.4. The molecule has 0 spiro atoms. The molecule has 6 heteroatoms. The third-order valence-electron chi connectivity index (χ3n) is 3.05. The first kappa shape index (κ1) is 13.8. The molecule has 1 aromatic carbocycles. The first-order chi connectivity index (χ1) is 8.48.